The quantitative estimate of drug-likeness (QED) is 0.268. The van der Waals surface area contributed by atoms with Crippen molar-refractivity contribution in [2.45, 2.75) is 156 Å². The van der Waals surface area contributed by atoms with Crippen LogP contribution in [0, 0.1) is 57.7 Å². The summed E-state index contributed by atoms with van der Waals surface area (Å²) in [4.78, 5) is 25.6. The Balaban J connectivity index is 1.18. The number of hydrogen-bond donors (Lipinski definition) is 2. The number of nitrogens with one attached hydrogen (secondary N) is 1. The predicted molar refractivity (Wildman–Crippen MR) is 169 cm³/mol. The topological polar surface area (TPSA) is 75.6 Å². The number of aliphatic hydroxyl groups excluding tert-OH is 1. The summed E-state index contributed by atoms with van der Waals surface area (Å²) < 4.78 is 6.09. The number of hydrogen-bond acceptors (Lipinski definition) is 4. The molecular formula is C37H63NO4. The van der Waals surface area contributed by atoms with Crippen LogP contribution in [-0.2, 0) is 14.3 Å². The summed E-state index contributed by atoms with van der Waals surface area (Å²) in [6, 6.07) is 0. The Morgan fingerprint density at radius 3 is 2.43 bits per heavy atom. The van der Waals surface area contributed by atoms with Crippen molar-refractivity contribution in [1.82, 2.24) is 5.32 Å². The molecule has 5 heteroatoms. The second kappa shape index (κ2) is 12.7. The van der Waals surface area contributed by atoms with Crippen molar-refractivity contribution >= 4 is 11.9 Å². The van der Waals surface area contributed by atoms with E-state index < -0.39 is 5.41 Å². The predicted octanol–water partition coefficient (Wildman–Crippen LogP) is 8.08. The normalized spacial score (nSPS) is 41.3. The molecule has 0 radical (unpaired) electrons. The smallest absolute Gasteiger partial charge is 0.311 e. The van der Waals surface area contributed by atoms with Gasteiger partial charge in [-0.3, -0.25) is 9.59 Å². The third-order valence-corrected chi connectivity index (χ3v) is 14.3. The van der Waals surface area contributed by atoms with Crippen molar-refractivity contribution in [1.29, 1.82) is 0 Å². The van der Waals surface area contributed by atoms with E-state index in [1.165, 1.54) is 57.8 Å². The zero-order valence-electron chi connectivity index (χ0n) is 27.9. The van der Waals surface area contributed by atoms with Crippen molar-refractivity contribution in [2.75, 3.05) is 6.54 Å². The molecule has 0 aromatic carbocycles. The van der Waals surface area contributed by atoms with Crippen molar-refractivity contribution in [3.8, 4) is 0 Å². The van der Waals surface area contributed by atoms with Gasteiger partial charge in [0.05, 0.1) is 11.5 Å². The number of fused-ring (bicyclic) bond motifs is 5. The van der Waals surface area contributed by atoms with Crippen molar-refractivity contribution in [2.24, 2.45) is 57.7 Å². The number of ether oxygens (including phenoxy) is 1. The molecule has 0 aromatic heterocycles. The fraction of sp³-hybridized carbons (Fsp3) is 0.946. The SMILES string of the molecule is CCC(C)(C)C(=O)O[C@H]1CC[C@@]2(C)C(CCC3C2C[C@H](O)[C@]2(C)C(C(C)CCC(=O)NCC4CCCCC4)CCC32)C1. The van der Waals surface area contributed by atoms with E-state index in [1.807, 2.05) is 13.8 Å². The van der Waals surface area contributed by atoms with Gasteiger partial charge >= 0.3 is 5.97 Å². The maximum Gasteiger partial charge on any atom is 0.311 e. The van der Waals surface area contributed by atoms with Crippen molar-refractivity contribution in [3.63, 3.8) is 0 Å². The van der Waals surface area contributed by atoms with Crippen LogP contribution in [-0.4, -0.2) is 35.7 Å². The highest BCUT2D eigenvalue weighted by Gasteiger charge is 2.64. The maximum atomic E-state index is 12.8. The van der Waals surface area contributed by atoms with E-state index >= 15 is 0 Å². The van der Waals surface area contributed by atoms with Gasteiger partial charge in [0.1, 0.15) is 6.10 Å². The van der Waals surface area contributed by atoms with E-state index in [1.54, 1.807) is 0 Å². The first-order chi connectivity index (χ1) is 19.9. The lowest BCUT2D eigenvalue weighted by Gasteiger charge is -2.62. The molecule has 0 bridgehead atoms. The Morgan fingerprint density at radius 2 is 1.71 bits per heavy atom. The minimum Gasteiger partial charge on any atom is -0.462 e. The lowest BCUT2D eigenvalue weighted by atomic mass is 9.43. The number of aliphatic hydroxyl groups is 1. The Morgan fingerprint density at radius 1 is 0.976 bits per heavy atom. The van der Waals surface area contributed by atoms with E-state index in [9.17, 15) is 14.7 Å². The van der Waals surface area contributed by atoms with Crippen LogP contribution in [0.1, 0.15) is 144 Å². The molecule has 240 valence electrons. The summed E-state index contributed by atoms with van der Waals surface area (Å²) in [5.41, 5.74) is -0.222. The van der Waals surface area contributed by atoms with Gasteiger partial charge in [-0.15, -0.1) is 0 Å². The standard InChI is InChI=1S/C37H63NO4/c1-7-35(3,4)34(41)42-27-19-20-36(5)26(21-27)14-15-28-30-17-16-29(37(30,6)32(39)22-31(28)36)24(2)13-18-33(40)38-23-25-11-9-8-10-12-25/h24-32,39H,7-23H2,1-6H3,(H,38,40)/t24?,26?,27-,28?,29?,30?,31?,32-,36-,37+/m0/s1. The zero-order chi connectivity index (χ0) is 30.3. The molecule has 5 aliphatic rings. The summed E-state index contributed by atoms with van der Waals surface area (Å²) in [5, 5.41) is 15.2. The molecular weight excluding hydrogens is 522 g/mol. The largest absolute Gasteiger partial charge is 0.462 e. The number of rotatable bonds is 9. The van der Waals surface area contributed by atoms with Crippen molar-refractivity contribution in [3.05, 3.63) is 0 Å². The molecule has 10 atom stereocenters. The lowest BCUT2D eigenvalue weighted by Crippen LogP contribution is -2.59. The number of esters is 1. The lowest BCUT2D eigenvalue weighted by molar-refractivity contribution is -0.185. The molecule has 0 spiro atoms. The third-order valence-electron chi connectivity index (χ3n) is 14.3. The van der Waals surface area contributed by atoms with Gasteiger partial charge in [-0.25, -0.2) is 0 Å². The highest BCUT2D eigenvalue weighted by atomic mass is 16.5. The first-order valence-corrected chi connectivity index (χ1v) is 18.1. The Labute approximate surface area is 257 Å². The van der Waals surface area contributed by atoms with Gasteiger partial charge in [0.25, 0.3) is 0 Å². The highest BCUT2D eigenvalue weighted by molar-refractivity contribution is 5.76. The molecule has 42 heavy (non-hydrogen) atoms. The van der Waals surface area contributed by atoms with E-state index in [0.29, 0.717) is 47.8 Å². The molecule has 5 nitrogen and oxygen atoms in total. The highest BCUT2D eigenvalue weighted by Crippen LogP contribution is 2.68. The molecule has 0 saturated heterocycles. The molecule has 5 aliphatic carbocycles. The monoisotopic (exact) mass is 585 g/mol. The maximum absolute atomic E-state index is 12.8. The fourth-order valence-corrected chi connectivity index (χ4v) is 11.0. The van der Waals surface area contributed by atoms with Gasteiger partial charge in [-0.1, -0.05) is 47.0 Å². The second-order valence-corrected chi connectivity index (χ2v) is 16.8. The fourth-order valence-electron chi connectivity index (χ4n) is 11.0. The summed E-state index contributed by atoms with van der Waals surface area (Å²) >= 11 is 0. The molecule has 0 aliphatic heterocycles. The Bertz CT molecular complexity index is 957. The molecule has 6 unspecified atom stereocenters. The zero-order valence-corrected chi connectivity index (χ0v) is 27.9. The summed E-state index contributed by atoms with van der Waals surface area (Å²) in [6.07, 6.45) is 17.5. The Kier molecular flexibility index (Phi) is 9.78. The van der Waals surface area contributed by atoms with Crippen LogP contribution in [0.5, 0.6) is 0 Å². The summed E-state index contributed by atoms with van der Waals surface area (Å²) in [5.74, 6) is 4.22. The molecule has 5 fully saturated rings. The van der Waals surface area contributed by atoms with Crippen LogP contribution in [0.25, 0.3) is 0 Å². The minimum absolute atomic E-state index is 0.0380. The van der Waals surface area contributed by atoms with E-state index in [-0.39, 0.29) is 34.9 Å². The van der Waals surface area contributed by atoms with E-state index in [0.717, 1.165) is 45.1 Å². The first kappa shape index (κ1) is 32.3. The van der Waals surface area contributed by atoms with Gasteiger partial charge in [0.15, 0.2) is 0 Å². The second-order valence-electron chi connectivity index (χ2n) is 16.8. The summed E-state index contributed by atoms with van der Waals surface area (Å²) in [6.45, 7) is 14.2. The average Bonchev–Trinajstić information content (AvgIpc) is 3.34. The van der Waals surface area contributed by atoms with Crippen molar-refractivity contribution < 1.29 is 19.4 Å². The number of carbonyl (C=O) groups is 2. The van der Waals surface area contributed by atoms with Gasteiger partial charge in [-0.05, 0) is 143 Å². The van der Waals surface area contributed by atoms with Gasteiger partial charge < -0.3 is 15.2 Å². The molecule has 2 N–H and O–H groups in total. The first-order valence-electron chi connectivity index (χ1n) is 18.1. The van der Waals surface area contributed by atoms with Crippen LogP contribution in [0.2, 0.25) is 0 Å². The average molecular weight is 586 g/mol. The Hall–Kier alpha value is -1.10. The number of amides is 1. The van der Waals surface area contributed by atoms with E-state index in [4.69, 9.17) is 4.74 Å². The molecule has 0 aromatic rings. The minimum atomic E-state index is -0.411. The number of carbonyl (C=O) groups excluding carboxylic acids is 2. The van der Waals surface area contributed by atoms with Crippen LogP contribution in [0.3, 0.4) is 0 Å². The summed E-state index contributed by atoms with van der Waals surface area (Å²) in [7, 11) is 0. The molecule has 5 saturated carbocycles. The van der Waals surface area contributed by atoms with Crippen LogP contribution < -0.4 is 5.32 Å². The van der Waals surface area contributed by atoms with Gasteiger partial charge in [0.2, 0.25) is 5.91 Å². The molecule has 0 heterocycles. The van der Waals surface area contributed by atoms with Crippen LogP contribution in [0.15, 0.2) is 0 Å². The van der Waals surface area contributed by atoms with E-state index in [2.05, 4.69) is 33.0 Å². The molecule has 1 amide bonds. The van der Waals surface area contributed by atoms with Gasteiger partial charge in [-0.2, -0.15) is 0 Å². The third kappa shape index (κ3) is 6.08. The van der Waals surface area contributed by atoms with Crippen LogP contribution >= 0.6 is 0 Å². The van der Waals surface area contributed by atoms with Gasteiger partial charge in [0, 0.05) is 13.0 Å². The van der Waals surface area contributed by atoms with Crippen LogP contribution in [0.4, 0.5) is 0 Å². The molecule has 5 rings (SSSR count).